The molecule has 0 aliphatic rings. The van der Waals surface area contributed by atoms with Crippen molar-refractivity contribution < 1.29 is 14.6 Å². The number of rotatable bonds is 4. The highest BCUT2D eigenvalue weighted by Crippen LogP contribution is 2.34. The van der Waals surface area contributed by atoms with Crippen molar-refractivity contribution in [3.05, 3.63) is 27.7 Å². The van der Waals surface area contributed by atoms with Gasteiger partial charge in [-0.3, -0.25) is 4.79 Å². The maximum atomic E-state index is 11.1. The first kappa shape index (κ1) is 14.0. The SMILES string of the molecule is COc1cc(C)cc(CC(C)(C)C(=O)O)c1Br. The van der Waals surface area contributed by atoms with E-state index in [-0.39, 0.29) is 0 Å². The van der Waals surface area contributed by atoms with Crippen LogP contribution in [0.3, 0.4) is 0 Å². The van der Waals surface area contributed by atoms with E-state index in [1.54, 1.807) is 21.0 Å². The molecule has 1 rings (SSSR count). The zero-order chi connectivity index (χ0) is 13.2. The van der Waals surface area contributed by atoms with Crippen LogP contribution in [0.4, 0.5) is 0 Å². The van der Waals surface area contributed by atoms with Crippen LogP contribution in [0.2, 0.25) is 0 Å². The van der Waals surface area contributed by atoms with Crippen molar-refractivity contribution in [3.63, 3.8) is 0 Å². The Balaban J connectivity index is 3.15. The van der Waals surface area contributed by atoms with E-state index in [0.717, 1.165) is 21.3 Å². The van der Waals surface area contributed by atoms with Gasteiger partial charge in [0.1, 0.15) is 5.75 Å². The molecule has 0 amide bonds. The summed E-state index contributed by atoms with van der Waals surface area (Å²) in [6, 6.07) is 3.90. The molecule has 0 saturated heterocycles. The summed E-state index contributed by atoms with van der Waals surface area (Å²) >= 11 is 3.46. The summed E-state index contributed by atoms with van der Waals surface area (Å²) in [6.45, 7) is 5.40. The molecule has 17 heavy (non-hydrogen) atoms. The fourth-order valence-electron chi connectivity index (χ4n) is 1.64. The van der Waals surface area contributed by atoms with Crippen LogP contribution in [0, 0.1) is 12.3 Å². The molecule has 0 unspecified atom stereocenters. The Morgan fingerprint density at radius 2 is 2.06 bits per heavy atom. The molecular weight excluding hydrogens is 284 g/mol. The van der Waals surface area contributed by atoms with Gasteiger partial charge >= 0.3 is 5.97 Å². The van der Waals surface area contributed by atoms with Crippen LogP contribution in [0.5, 0.6) is 5.75 Å². The highest BCUT2D eigenvalue weighted by Gasteiger charge is 2.28. The van der Waals surface area contributed by atoms with Crippen molar-refractivity contribution in [2.75, 3.05) is 7.11 Å². The van der Waals surface area contributed by atoms with E-state index in [2.05, 4.69) is 15.9 Å². The number of benzene rings is 1. The molecule has 0 atom stereocenters. The van der Waals surface area contributed by atoms with Crippen LogP contribution in [-0.2, 0) is 11.2 Å². The van der Waals surface area contributed by atoms with Gasteiger partial charge in [-0.2, -0.15) is 0 Å². The second kappa shape index (κ2) is 5.08. The lowest BCUT2D eigenvalue weighted by Gasteiger charge is -2.21. The molecule has 0 fully saturated rings. The zero-order valence-corrected chi connectivity index (χ0v) is 12.1. The Morgan fingerprint density at radius 1 is 1.47 bits per heavy atom. The molecule has 0 saturated carbocycles. The average Bonchev–Trinajstić information content (AvgIpc) is 2.22. The number of ether oxygens (including phenoxy) is 1. The number of hydrogen-bond acceptors (Lipinski definition) is 2. The van der Waals surface area contributed by atoms with Gasteiger partial charge in [-0.25, -0.2) is 0 Å². The predicted octanol–water partition coefficient (Wildman–Crippen LogP) is 3.42. The topological polar surface area (TPSA) is 46.5 Å². The van der Waals surface area contributed by atoms with Gasteiger partial charge < -0.3 is 9.84 Å². The number of carbonyl (C=O) groups is 1. The van der Waals surface area contributed by atoms with Crippen molar-refractivity contribution in [1.29, 1.82) is 0 Å². The third kappa shape index (κ3) is 3.22. The van der Waals surface area contributed by atoms with Crippen molar-refractivity contribution >= 4 is 21.9 Å². The number of methoxy groups -OCH3 is 1. The second-order valence-corrected chi connectivity index (χ2v) is 5.60. The molecule has 94 valence electrons. The molecule has 1 aromatic rings. The molecule has 0 aromatic heterocycles. The Kier molecular flexibility index (Phi) is 4.20. The summed E-state index contributed by atoms with van der Waals surface area (Å²) in [5.74, 6) is -0.0638. The van der Waals surface area contributed by atoms with Crippen LogP contribution in [-0.4, -0.2) is 18.2 Å². The van der Waals surface area contributed by atoms with E-state index >= 15 is 0 Å². The van der Waals surface area contributed by atoms with Gasteiger partial charge in [-0.15, -0.1) is 0 Å². The molecular formula is C13H17BrO3. The molecule has 4 heteroatoms. The van der Waals surface area contributed by atoms with Crippen molar-refractivity contribution in [1.82, 2.24) is 0 Å². The number of aliphatic carboxylic acids is 1. The lowest BCUT2D eigenvalue weighted by Crippen LogP contribution is -2.26. The Hall–Kier alpha value is -1.03. The summed E-state index contributed by atoms with van der Waals surface area (Å²) in [5.41, 5.74) is 1.22. The molecule has 0 heterocycles. The van der Waals surface area contributed by atoms with E-state index in [1.807, 2.05) is 19.1 Å². The molecule has 0 aliphatic carbocycles. The van der Waals surface area contributed by atoms with Gasteiger partial charge in [0.15, 0.2) is 0 Å². The van der Waals surface area contributed by atoms with Crippen LogP contribution in [0.25, 0.3) is 0 Å². The summed E-state index contributed by atoms with van der Waals surface area (Å²) < 4.78 is 6.08. The summed E-state index contributed by atoms with van der Waals surface area (Å²) in [4.78, 5) is 11.1. The van der Waals surface area contributed by atoms with Crippen LogP contribution >= 0.6 is 15.9 Å². The fourth-order valence-corrected chi connectivity index (χ4v) is 2.17. The van der Waals surface area contributed by atoms with E-state index < -0.39 is 11.4 Å². The van der Waals surface area contributed by atoms with Gasteiger partial charge in [0.25, 0.3) is 0 Å². The first-order valence-electron chi connectivity index (χ1n) is 5.34. The fraction of sp³-hybridized carbons (Fsp3) is 0.462. The Labute approximate surface area is 110 Å². The number of carboxylic acids is 1. The van der Waals surface area contributed by atoms with Crippen molar-refractivity contribution in [2.24, 2.45) is 5.41 Å². The van der Waals surface area contributed by atoms with E-state index in [9.17, 15) is 4.79 Å². The molecule has 0 spiro atoms. The summed E-state index contributed by atoms with van der Waals surface area (Å²) in [7, 11) is 1.60. The van der Waals surface area contributed by atoms with Gasteiger partial charge in [0.05, 0.1) is 17.0 Å². The minimum absolute atomic E-state index is 0.459. The van der Waals surface area contributed by atoms with Gasteiger partial charge in [-0.1, -0.05) is 6.07 Å². The largest absolute Gasteiger partial charge is 0.496 e. The summed E-state index contributed by atoms with van der Waals surface area (Å²) in [5, 5.41) is 9.14. The lowest BCUT2D eigenvalue weighted by atomic mass is 9.85. The van der Waals surface area contributed by atoms with Gasteiger partial charge in [-0.05, 0) is 60.3 Å². The standard InChI is InChI=1S/C13H17BrO3/c1-8-5-9(7-13(2,3)12(15)16)11(14)10(6-8)17-4/h5-6H,7H2,1-4H3,(H,15,16). The number of aryl methyl sites for hydroxylation is 1. The zero-order valence-electron chi connectivity index (χ0n) is 10.5. The van der Waals surface area contributed by atoms with Gasteiger partial charge in [0, 0.05) is 0 Å². The highest BCUT2D eigenvalue weighted by atomic mass is 79.9. The van der Waals surface area contributed by atoms with Crippen molar-refractivity contribution in [3.8, 4) is 5.75 Å². The van der Waals surface area contributed by atoms with Crippen molar-refractivity contribution in [2.45, 2.75) is 27.2 Å². The number of halogens is 1. The molecule has 3 nitrogen and oxygen atoms in total. The highest BCUT2D eigenvalue weighted by molar-refractivity contribution is 9.10. The van der Waals surface area contributed by atoms with Crippen LogP contribution in [0.1, 0.15) is 25.0 Å². The minimum atomic E-state index is -0.801. The first-order chi connectivity index (χ1) is 7.77. The van der Waals surface area contributed by atoms with Gasteiger partial charge in [0.2, 0.25) is 0 Å². The van der Waals surface area contributed by atoms with E-state index in [4.69, 9.17) is 9.84 Å². The van der Waals surface area contributed by atoms with Crippen LogP contribution < -0.4 is 4.74 Å². The Morgan fingerprint density at radius 3 is 2.53 bits per heavy atom. The number of carboxylic acid groups (broad SMARTS) is 1. The molecule has 1 N–H and O–H groups in total. The van der Waals surface area contributed by atoms with Crippen LogP contribution in [0.15, 0.2) is 16.6 Å². The second-order valence-electron chi connectivity index (χ2n) is 4.81. The predicted molar refractivity (Wildman–Crippen MR) is 70.6 cm³/mol. The Bertz CT molecular complexity index is 439. The quantitative estimate of drug-likeness (QED) is 0.927. The molecule has 0 radical (unpaired) electrons. The van der Waals surface area contributed by atoms with E-state index in [0.29, 0.717) is 6.42 Å². The molecule has 1 aromatic carbocycles. The summed E-state index contributed by atoms with van der Waals surface area (Å²) in [6.07, 6.45) is 0.459. The number of hydrogen-bond donors (Lipinski definition) is 1. The average molecular weight is 301 g/mol. The third-order valence-corrected chi connectivity index (χ3v) is 3.59. The third-order valence-electron chi connectivity index (χ3n) is 2.69. The minimum Gasteiger partial charge on any atom is -0.496 e. The normalized spacial score (nSPS) is 11.4. The molecule has 0 bridgehead atoms. The van der Waals surface area contributed by atoms with E-state index in [1.165, 1.54) is 0 Å². The molecule has 0 aliphatic heterocycles. The maximum absolute atomic E-state index is 11.1. The first-order valence-corrected chi connectivity index (χ1v) is 6.13. The smallest absolute Gasteiger partial charge is 0.309 e. The lowest BCUT2D eigenvalue weighted by molar-refractivity contribution is -0.146. The monoisotopic (exact) mass is 300 g/mol. The maximum Gasteiger partial charge on any atom is 0.309 e.